The fourth-order valence-corrected chi connectivity index (χ4v) is 1.74. The maximum absolute atomic E-state index is 11.5. The summed E-state index contributed by atoms with van der Waals surface area (Å²) < 4.78 is 0. The molecule has 0 aromatic heterocycles. The Bertz CT molecular complexity index is 244. The van der Waals surface area contributed by atoms with Gasteiger partial charge in [-0.3, -0.25) is 9.59 Å². The second-order valence-corrected chi connectivity index (χ2v) is 4.48. The summed E-state index contributed by atoms with van der Waals surface area (Å²) in [6.07, 6.45) is 3.46. The number of hydrogen-bond acceptors (Lipinski definition) is 3. The molecule has 0 aromatic carbocycles. The molecule has 1 fully saturated rings. The van der Waals surface area contributed by atoms with Gasteiger partial charge in [-0.25, -0.2) is 0 Å². The topological polar surface area (TPSA) is 84.2 Å². The van der Waals surface area contributed by atoms with Gasteiger partial charge in [-0.2, -0.15) is 0 Å². The molecular formula is C11H21N3O2. The summed E-state index contributed by atoms with van der Waals surface area (Å²) in [4.78, 5) is 22.4. The number of nitrogens with two attached hydrogens (primary N) is 1. The number of carbonyl (C=O) groups is 2. The predicted octanol–water partition coefficient (Wildman–Crippen LogP) is -0.101. The maximum atomic E-state index is 11.5. The average molecular weight is 227 g/mol. The number of amides is 2. The number of nitrogens with one attached hydrogen (secondary N) is 2. The lowest BCUT2D eigenvalue weighted by molar-refractivity contribution is -0.125. The first-order chi connectivity index (χ1) is 7.58. The van der Waals surface area contributed by atoms with Crippen LogP contribution in [0, 0.1) is 0 Å². The zero-order valence-electron chi connectivity index (χ0n) is 9.79. The minimum atomic E-state index is 0.0572. The van der Waals surface area contributed by atoms with Crippen molar-refractivity contribution in [2.75, 3.05) is 6.54 Å². The van der Waals surface area contributed by atoms with Crippen LogP contribution >= 0.6 is 0 Å². The zero-order chi connectivity index (χ0) is 12.0. The highest BCUT2D eigenvalue weighted by Gasteiger charge is 2.19. The number of piperidine rings is 1. The van der Waals surface area contributed by atoms with E-state index in [1.807, 2.05) is 6.92 Å². The Morgan fingerprint density at radius 1 is 1.69 bits per heavy atom. The fraction of sp³-hybridized carbons (Fsp3) is 0.818. The highest BCUT2D eigenvalue weighted by molar-refractivity contribution is 5.78. The summed E-state index contributed by atoms with van der Waals surface area (Å²) in [6, 6.07) is 0.252. The zero-order valence-corrected chi connectivity index (χ0v) is 9.79. The largest absolute Gasteiger partial charge is 0.354 e. The van der Waals surface area contributed by atoms with Crippen LogP contribution in [-0.4, -0.2) is 30.4 Å². The second kappa shape index (κ2) is 6.48. The Balaban J connectivity index is 2.12. The first kappa shape index (κ1) is 13.0. The molecule has 1 rings (SSSR count). The van der Waals surface area contributed by atoms with Crippen LogP contribution < -0.4 is 16.4 Å². The third-order valence-electron chi connectivity index (χ3n) is 2.69. The van der Waals surface area contributed by atoms with Gasteiger partial charge in [0.2, 0.25) is 11.8 Å². The van der Waals surface area contributed by atoms with E-state index in [1.54, 1.807) is 0 Å². The summed E-state index contributed by atoms with van der Waals surface area (Å²) in [5, 5.41) is 5.66. The van der Waals surface area contributed by atoms with Gasteiger partial charge in [-0.05, 0) is 26.2 Å². The molecule has 1 aliphatic heterocycles. The monoisotopic (exact) mass is 227 g/mol. The van der Waals surface area contributed by atoms with E-state index >= 15 is 0 Å². The molecule has 0 aliphatic carbocycles. The van der Waals surface area contributed by atoms with Crippen molar-refractivity contribution >= 4 is 11.8 Å². The van der Waals surface area contributed by atoms with Gasteiger partial charge in [-0.15, -0.1) is 0 Å². The van der Waals surface area contributed by atoms with Crippen molar-refractivity contribution in [3.05, 3.63) is 0 Å². The van der Waals surface area contributed by atoms with Crippen LogP contribution in [0.3, 0.4) is 0 Å². The number of carbonyl (C=O) groups excluding carboxylic acids is 2. The maximum Gasteiger partial charge on any atom is 0.220 e. The molecule has 5 nitrogen and oxygen atoms in total. The van der Waals surface area contributed by atoms with E-state index in [2.05, 4.69) is 10.6 Å². The third-order valence-corrected chi connectivity index (χ3v) is 2.69. The predicted molar refractivity (Wildman–Crippen MR) is 61.7 cm³/mol. The second-order valence-electron chi connectivity index (χ2n) is 4.48. The van der Waals surface area contributed by atoms with E-state index in [0.29, 0.717) is 19.4 Å². The molecule has 1 saturated heterocycles. The van der Waals surface area contributed by atoms with E-state index in [1.165, 1.54) is 0 Å². The van der Waals surface area contributed by atoms with Crippen LogP contribution in [0.5, 0.6) is 0 Å². The van der Waals surface area contributed by atoms with Crippen LogP contribution in [-0.2, 0) is 9.59 Å². The smallest absolute Gasteiger partial charge is 0.220 e. The molecule has 2 atom stereocenters. The van der Waals surface area contributed by atoms with E-state index < -0.39 is 0 Å². The van der Waals surface area contributed by atoms with Gasteiger partial charge in [0, 0.05) is 31.5 Å². The Labute approximate surface area is 96.1 Å². The van der Waals surface area contributed by atoms with Crippen molar-refractivity contribution in [1.82, 2.24) is 10.6 Å². The van der Waals surface area contributed by atoms with Crippen molar-refractivity contribution in [2.24, 2.45) is 5.73 Å². The molecule has 2 unspecified atom stereocenters. The Kier molecular flexibility index (Phi) is 5.25. The molecule has 2 amide bonds. The molecule has 0 spiro atoms. The molecule has 92 valence electrons. The lowest BCUT2D eigenvalue weighted by atomic mass is 10.1. The van der Waals surface area contributed by atoms with Crippen LogP contribution in [0.2, 0.25) is 0 Å². The van der Waals surface area contributed by atoms with Crippen LogP contribution in [0.1, 0.15) is 39.0 Å². The normalized spacial score (nSPS) is 22.4. The Hall–Kier alpha value is -1.10. The van der Waals surface area contributed by atoms with Crippen molar-refractivity contribution in [3.63, 3.8) is 0 Å². The quantitative estimate of drug-likeness (QED) is 0.613. The first-order valence-electron chi connectivity index (χ1n) is 5.89. The Morgan fingerprint density at radius 3 is 3.00 bits per heavy atom. The molecular weight excluding hydrogens is 206 g/mol. The van der Waals surface area contributed by atoms with E-state index in [9.17, 15) is 9.59 Å². The molecule has 4 N–H and O–H groups in total. The standard InChI is InChI=1S/C11H21N3O2/c1-8(12)3-2-4-11(16)14-9-5-6-10(15)13-7-9/h8-9H,2-7,12H2,1H3,(H,13,15)(H,14,16). The average Bonchev–Trinajstić information content (AvgIpc) is 2.21. The summed E-state index contributed by atoms with van der Waals surface area (Å²) in [6.45, 7) is 2.49. The number of rotatable bonds is 5. The van der Waals surface area contributed by atoms with Gasteiger partial charge in [0.15, 0.2) is 0 Å². The third kappa shape index (κ3) is 5.11. The molecule has 5 heteroatoms. The fourth-order valence-electron chi connectivity index (χ4n) is 1.74. The van der Waals surface area contributed by atoms with Gasteiger partial charge < -0.3 is 16.4 Å². The summed E-state index contributed by atoms with van der Waals surface area (Å²) in [5.41, 5.74) is 5.60. The SMILES string of the molecule is CC(N)CCCC(=O)NC1CCC(=O)NC1. The van der Waals surface area contributed by atoms with Crippen LogP contribution in [0.25, 0.3) is 0 Å². The van der Waals surface area contributed by atoms with Gasteiger partial charge >= 0.3 is 0 Å². The van der Waals surface area contributed by atoms with E-state index in [0.717, 1.165) is 19.3 Å². The minimum Gasteiger partial charge on any atom is -0.354 e. The van der Waals surface area contributed by atoms with Gasteiger partial charge in [0.25, 0.3) is 0 Å². The van der Waals surface area contributed by atoms with Gasteiger partial charge in [0.1, 0.15) is 0 Å². The highest BCUT2D eigenvalue weighted by atomic mass is 16.2. The highest BCUT2D eigenvalue weighted by Crippen LogP contribution is 2.04. The minimum absolute atomic E-state index is 0.0572. The van der Waals surface area contributed by atoms with Crippen molar-refractivity contribution in [3.8, 4) is 0 Å². The first-order valence-corrected chi connectivity index (χ1v) is 5.89. The van der Waals surface area contributed by atoms with Crippen LogP contribution in [0.15, 0.2) is 0 Å². The van der Waals surface area contributed by atoms with E-state index in [-0.39, 0.29) is 23.9 Å². The van der Waals surface area contributed by atoms with Crippen molar-refractivity contribution < 1.29 is 9.59 Å². The van der Waals surface area contributed by atoms with Crippen molar-refractivity contribution in [1.29, 1.82) is 0 Å². The van der Waals surface area contributed by atoms with Gasteiger partial charge in [0.05, 0.1) is 0 Å². The van der Waals surface area contributed by atoms with E-state index in [4.69, 9.17) is 5.73 Å². The lowest BCUT2D eigenvalue weighted by Gasteiger charge is -2.23. The molecule has 0 bridgehead atoms. The molecule has 0 radical (unpaired) electrons. The van der Waals surface area contributed by atoms with Gasteiger partial charge in [-0.1, -0.05) is 0 Å². The molecule has 0 aromatic rings. The molecule has 1 aliphatic rings. The molecule has 0 saturated carbocycles. The Morgan fingerprint density at radius 2 is 2.44 bits per heavy atom. The van der Waals surface area contributed by atoms with Crippen molar-refractivity contribution in [2.45, 2.75) is 51.1 Å². The number of hydrogen-bond donors (Lipinski definition) is 3. The summed E-state index contributed by atoms with van der Waals surface area (Å²) in [5.74, 6) is 0.129. The summed E-state index contributed by atoms with van der Waals surface area (Å²) >= 11 is 0. The van der Waals surface area contributed by atoms with Crippen LogP contribution in [0.4, 0.5) is 0 Å². The molecule has 1 heterocycles. The lowest BCUT2D eigenvalue weighted by Crippen LogP contribution is -2.47. The molecule has 16 heavy (non-hydrogen) atoms. The summed E-state index contributed by atoms with van der Waals surface area (Å²) in [7, 11) is 0.